The summed E-state index contributed by atoms with van der Waals surface area (Å²) in [5.41, 5.74) is 5.20. The Morgan fingerprint density at radius 3 is 3.00 bits per heavy atom. The second kappa shape index (κ2) is 5.14. The molecular weight excluding hydrogens is 251 g/mol. The molecule has 0 saturated carbocycles. The standard InChI is InChI=1S/C11H9FN6O/c12-8-2-1-3-9(7(8)4-13)16-10(19)5-18-6-15-11(14)17-18/h1-3,6H,5H2,(H2,14,17)(H,16,19). The van der Waals surface area contributed by atoms with Gasteiger partial charge in [-0.25, -0.2) is 14.1 Å². The maximum Gasteiger partial charge on any atom is 0.246 e. The molecule has 0 saturated heterocycles. The van der Waals surface area contributed by atoms with E-state index in [4.69, 9.17) is 11.0 Å². The first-order valence-corrected chi connectivity index (χ1v) is 5.23. The van der Waals surface area contributed by atoms with Crippen molar-refractivity contribution >= 4 is 17.5 Å². The van der Waals surface area contributed by atoms with Crippen molar-refractivity contribution in [1.82, 2.24) is 14.8 Å². The number of nitriles is 1. The van der Waals surface area contributed by atoms with Crippen LogP contribution in [-0.4, -0.2) is 20.7 Å². The van der Waals surface area contributed by atoms with Crippen LogP contribution in [0.25, 0.3) is 0 Å². The summed E-state index contributed by atoms with van der Waals surface area (Å²) in [6.45, 7) is -0.133. The van der Waals surface area contributed by atoms with E-state index in [2.05, 4.69) is 15.4 Å². The van der Waals surface area contributed by atoms with Crippen LogP contribution in [0.4, 0.5) is 16.0 Å². The molecule has 0 fully saturated rings. The lowest BCUT2D eigenvalue weighted by Crippen LogP contribution is -2.20. The number of nitrogens with zero attached hydrogens (tertiary/aromatic N) is 4. The summed E-state index contributed by atoms with van der Waals surface area (Å²) in [5, 5.41) is 15.0. The molecule has 1 amide bonds. The van der Waals surface area contributed by atoms with Gasteiger partial charge in [0, 0.05) is 0 Å². The van der Waals surface area contributed by atoms with Crippen LogP contribution in [-0.2, 0) is 11.3 Å². The van der Waals surface area contributed by atoms with Crippen LogP contribution in [0.15, 0.2) is 24.5 Å². The van der Waals surface area contributed by atoms with Gasteiger partial charge >= 0.3 is 0 Å². The van der Waals surface area contributed by atoms with Gasteiger partial charge in [0.2, 0.25) is 11.9 Å². The van der Waals surface area contributed by atoms with Gasteiger partial charge in [-0.3, -0.25) is 4.79 Å². The molecule has 1 heterocycles. The Balaban J connectivity index is 2.11. The molecule has 7 nitrogen and oxygen atoms in total. The average molecular weight is 260 g/mol. The van der Waals surface area contributed by atoms with Gasteiger partial charge in [0.15, 0.2) is 0 Å². The molecule has 3 N–H and O–H groups in total. The number of anilines is 2. The lowest BCUT2D eigenvalue weighted by atomic mass is 10.2. The van der Waals surface area contributed by atoms with Gasteiger partial charge in [-0.2, -0.15) is 5.26 Å². The Labute approximate surface area is 107 Å². The smallest absolute Gasteiger partial charge is 0.246 e. The van der Waals surface area contributed by atoms with E-state index in [0.29, 0.717) is 0 Å². The number of halogens is 1. The Morgan fingerprint density at radius 2 is 2.37 bits per heavy atom. The number of amides is 1. The molecule has 0 unspecified atom stereocenters. The number of carbonyl (C=O) groups is 1. The van der Waals surface area contributed by atoms with Crippen LogP contribution < -0.4 is 11.1 Å². The van der Waals surface area contributed by atoms with E-state index in [9.17, 15) is 9.18 Å². The number of hydrogen-bond donors (Lipinski definition) is 2. The lowest BCUT2D eigenvalue weighted by molar-refractivity contribution is -0.116. The van der Waals surface area contributed by atoms with Crippen molar-refractivity contribution < 1.29 is 9.18 Å². The van der Waals surface area contributed by atoms with Crippen molar-refractivity contribution in [3.05, 3.63) is 35.9 Å². The molecule has 0 radical (unpaired) electrons. The molecule has 0 spiro atoms. The predicted octanol–water partition coefficient (Wildman–Crippen LogP) is 0.510. The number of nitrogens with one attached hydrogen (secondary N) is 1. The van der Waals surface area contributed by atoms with E-state index in [-0.39, 0.29) is 23.7 Å². The molecule has 0 atom stereocenters. The molecule has 8 heteroatoms. The number of hydrogen-bond acceptors (Lipinski definition) is 5. The maximum atomic E-state index is 13.3. The van der Waals surface area contributed by atoms with Crippen LogP contribution in [0, 0.1) is 17.1 Å². The fraction of sp³-hybridized carbons (Fsp3) is 0.0909. The summed E-state index contributed by atoms with van der Waals surface area (Å²) in [6, 6.07) is 5.68. The van der Waals surface area contributed by atoms with Gasteiger partial charge in [0.1, 0.15) is 30.3 Å². The number of benzene rings is 1. The number of rotatable bonds is 3. The molecule has 0 aliphatic carbocycles. The first-order valence-electron chi connectivity index (χ1n) is 5.23. The van der Waals surface area contributed by atoms with Crippen molar-refractivity contribution in [2.24, 2.45) is 0 Å². The zero-order valence-corrected chi connectivity index (χ0v) is 9.67. The summed E-state index contributed by atoms with van der Waals surface area (Å²) >= 11 is 0. The van der Waals surface area contributed by atoms with Gasteiger partial charge in [-0.15, -0.1) is 5.10 Å². The quantitative estimate of drug-likeness (QED) is 0.835. The minimum Gasteiger partial charge on any atom is -0.367 e. The highest BCUT2D eigenvalue weighted by atomic mass is 19.1. The van der Waals surface area contributed by atoms with Crippen LogP contribution in [0.3, 0.4) is 0 Å². The number of nitrogen functional groups attached to an aromatic ring is 1. The van der Waals surface area contributed by atoms with Crippen molar-refractivity contribution in [2.45, 2.75) is 6.54 Å². The fourth-order valence-electron chi connectivity index (χ4n) is 1.46. The van der Waals surface area contributed by atoms with Crippen LogP contribution in [0.5, 0.6) is 0 Å². The lowest BCUT2D eigenvalue weighted by Gasteiger charge is -2.07. The average Bonchev–Trinajstić information content (AvgIpc) is 2.75. The second-order valence-electron chi connectivity index (χ2n) is 3.62. The highest BCUT2D eigenvalue weighted by Crippen LogP contribution is 2.17. The zero-order valence-electron chi connectivity index (χ0n) is 9.67. The fourth-order valence-corrected chi connectivity index (χ4v) is 1.46. The highest BCUT2D eigenvalue weighted by Gasteiger charge is 2.11. The Bertz CT molecular complexity index is 659. The summed E-state index contributed by atoms with van der Waals surface area (Å²) < 4.78 is 14.5. The molecule has 1 aromatic carbocycles. The van der Waals surface area contributed by atoms with Crippen molar-refractivity contribution in [3.8, 4) is 6.07 Å². The van der Waals surface area contributed by atoms with Crippen molar-refractivity contribution in [3.63, 3.8) is 0 Å². The number of aromatic nitrogens is 3. The van der Waals surface area contributed by atoms with E-state index >= 15 is 0 Å². The number of carbonyl (C=O) groups excluding carboxylic acids is 1. The SMILES string of the molecule is N#Cc1c(F)cccc1NC(=O)Cn1cnc(N)n1. The molecule has 19 heavy (non-hydrogen) atoms. The first-order chi connectivity index (χ1) is 9.10. The van der Waals surface area contributed by atoms with E-state index in [1.54, 1.807) is 6.07 Å². The zero-order chi connectivity index (χ0) is 13.8. The largest absolute Gasteiger partial charge is 0.367 e. The van der Waals surface area contributed by atoms with E-state index in [0.717, 1.165) is 6.07 Å². The predicted molar refractivity (Wildman–Crippen MR) is 64.2 cm³/mol. The Morgan fingerprint density at radius 1 is 1.58 bits per heavy atom. The summed E-state index contributed by atoms with van der Waals surface area (Å²) in [5.74, 6) is -1.10. The second-order valence-corrected chi connectivity index (χ2v) is 3.62. The highest BCUT2D eigenvalue weighted by molar-refractivity contribution is 5.91. The normalized spacial score (nSPS) is 9.89. The third kappa shape index (κ3) is 2.84. The minimum absolute atomic E-state index is 0.0521. The molecule has 1 aromatic heterocycles. The van der Waals surface area contributed by atoms with Crippen LogP contribution in [0.2, 0.25) is 0 Å². The minimum atomic E-state index is -0.690. The number of nitrogens with two attached hydrogens (primary N) is 1. The van der Waals surface area contributed by atoms with Crippen LogP contribution >= 0.6 is 0 Å². The molecule has 2 aromatic rings. The van der Waals surface area contributed by atoms with Crippen molar-refractivity contribution in [1.29, 1.82) is 5.26 Å². The van der Waals surface area contributed by atoms with Gasteiger partial charge < -0.3 is 11.1 Å². The maximum absolute atomic E-state index is 13.3. The molecule has 96 valence electrons. The molecular formula is C11H9FN6O. The molecule has 0 bridgehead atoms. The van der Waals surface area contributed by atoms with Gasteiger partial charge in [-0.05, 0) is 12.1 Å². The monoisotopic (exact) mass is 260 g/mol. The van der Waals surface area contributed by atoms with Gasteiger partial charge in [0.05, 0.1) is 5.69 Å². The van der Waals surface area contributed by atoms with E-state index in [1.165, 1.54) is 23.1 Å². The Kier molecular flexibility index (Phi) is 3.38. The van der Waals surface area contributed by atoms with E-state index in [1.807, 2.05) is 0 Å². The van der Waals surface area contributed by atoms with Crippen LogP contribution in [0.1, 0.15) is 5.56 Å². The van der Waals surface area contributed by atoms with Crippen molar-refractivity contribution in [2.75, 3.05) is 11.1 Å². The summed E-state index contributed by atoms with van der Waals surface area (Å²) in [4.78, 5) is 15.4. The summed E-state index contributed by atoms with van der Waals surface area (Å²) in [7, 11) is 0. The first kappa shape index (κ1) is 12.5. The third-order valence-corrected chi connectivity index (χ3v) is 2.26. The molecule has 2 rings (SSSR count). The molecule has 0 aliphatic heterocycles. The third-order valence-electron chi connectivity index (χ3n) is 2.26. The topological polar surface area (TPSA) is 110 Å². The molecule has 0 aliphatic rings. The summed E-state index contributed by atoms with van der Waals surface area (Å²) in [6.07, 6.45) is 1.30. The van der Waals surface area contributed by atoms with Gasteiger partial charge in [-0.1, -0.05) is 6.07 Å². The van der Waals surface area contributed by atoms with E-state index < -0.39 is 11.7 Å². The van der Waals surface area contributed by atoms with Gasteiger partial charge in [0.25, 0.3) is 0 Å². The Hall–Kier alpha value is -2.95.